The van der Waals surface area contributed by atoms with Crippen molar-refractivity contribution in [3.8, 4) is 0 Å². The van der Waals surface area contributed by atoms with E-state index in [1.165, 1.54) is 23.9 Å². The molecule has 0 spiro atoms. The topological polar surface area (TPSA) is 61.9 Å². The lowest BCUT2D eigenvalue weighted by atomic mass is 10.2. The minimum Gasteiger partial charge on any atom is -0.444 e. The smallest absolute Gasteiger partial charge is 0.407 e. The SMILES string of the molecule is CC(C)(C)OC(=O)NCCSCC(=O)N1CCN(c2ccc(F)cc2)CC1. The second-order valence-corrected chi connectivity index (χ2v) is 8.43. The molecular formula is C19H28FN3O3S. The lowest BCUT2D eigenvalue weighted by Gasteiger charge is -2.36. The van der Waals surface area contributed by atoms with Gasteiger partial charge < -0.3 is 19.9 Å². The highest BCUT2D eigenvalue weighted by Gasteiger charge is 2.21. The minimum absolute atomic E-state index is 0.107. The first kappa shape index (κ1) is 21.3. The molecule has 0 saturated carbocycles. The fourth-order valence-corrected chi connectivity index (χ4v) is 3.40. The molecular weight excluding hydrogens is 369 g/mol. The normalized spacial score (nSPS) is 14.8. The molecule has 6 nitrogen and oxygen atoms in total. The molecule has 1 N–H and O–H groups in total. The number of amides is 2. The Hall–Kier alpha value is -1.96. The third-order valence-electron chi connectivity index (χ3n) is 3.96. The van der Waals surface area contributed by atoms with Crippen LogP contribution < -0.4 is 10.2 Å². The first-order valence-electron chi connectivity index (χ1n) is 9.07. The summed E-state index contributed by atoms with van der Waals surface area (Å²) in [5.41, 5.74) is 0.467. The lowest BCUT2D eigenvalue weighted by molar-refractivity contribution is -0.128. The predicted octanol–water partition coefficient (Wildman–Crippen LogP) is 2.73. The molecule has 0 radical (unpaired) electrons. The summed E-state index contributed by atoms with van der Waals surface area (Å²) >= 11 is 1.50. The average Bonchev–Trinajstić information content (AvgIpc) is 2.60. The molecule has 0 aliphatic carbocycles. The fraction of sp³-hybridized carbons (Fsp3) is 0.579. The quantitative estimate of drug-likeness (QED) is 0.748. The number of halogens is 1. The number of alkyl carbamates (subject to hydrolysis) is 1. The summed E-state index contributed by atoms with van der Waals surface area (Å²) in [6.07, 6.45) is -0.439. The highest BCUT2D eigenvalue weighted by molar-refractivity contribution is 7.99. The Labute approximate surface area is 164 Å². The predicted molar refractivity (Wildman–Crippen MR) is 107 cm³/mol. The van der Waals surface area contributed by atoms with Crippen molar-refractivity contribution < 1.29 is 18.7 Å². The Bertz CT molecular complexity index is 626. The van der Waals surface area contributed by atoms with Gasteiger partial charge in [0.1, 0.15) is 11.4 Å². The number of nitrogens with one attached hydrogen (secondary N) is 1. The van der Waals surface area contributed by atoms with Crippen molar-refractivity contribution in [3.63, 3.8) is 0 Å². The number of piperazine rings is 1. The van der Waals surface area contributed by atoms with E-state index in [2.05, 4.69) is 10.2 Å². The Morgan fingerprint density at radius 3 is 2.37 bits per heavy atom. The van der Waals surface area contributed by atoms with Gasteiger partial charge in [-0.3, -0.25) is 4.79 Å². The van der Waals surface area contributed by atoms with Crippen LogP contribution in [-0.2, 0) is 9.53 Å². The molecule has 1 aromatic carbocycles. The fourth-order valence-electron chi connectivity index (χ4n) is 2.66. The summed E-state index contributed by atoms with van der Waals surface area (Å²) < 4.78 is 18.2. The van der Waals surface area contributed by atoms with Gasteiger partial charge in [0.05, 0.1) is 5.75 Å². The summed E-state index contributed by atoms with van der Waals surface area (Å²) in [5.74, 6) is 0.911. The van der Waals surface area contributed by atoms with Crippen LogP contribution in [0, 0.1) is 5.82 Å². The van der Waals surface area contributed by atoms with Gasteiger partial charge in [0, 0.05) is 44.2 Å². The molecule has 0 bridgehead atoms. The third kappa shape index (κ3) is 7.66. The van der Waals surface area contributed by atoms with Crippen molar-refractivity contribution in [2.45, 2.75) is 26.4 Å². The average molecular weight is 398 g/mol. The van der Waals surface area contributed by atoms with Crippen LogP contribution in [0.5, 0.6) is 0 Å². The number of hydrogen-bond donors (Lipinski definition) is 1. The number of benzene rings is 1. The molecule has 0 atom stereocenters. The molecule has 1 aliphatic heterocycles. The van der Waals surface area contributed by atoms with E-state index in [0.29, 0.717) is 31.1 Å². The van der Waals surface area contributed by atoms with E-state index in [1.807, 2.05) is 25.7 Å². The molecule has 0 unspecified atom stereocenters. The zero-order chi connectivity index (χ0) is 19.9. The van der Waals surface area contributed by atoms with E-state index in [9.17, 15) is 14.0 Å². The Morgan fingerprint density at radius 1 is 1.15 bits per heavy atom. The van der Waals surface area contributed by atoms with Crippen molar-refractivity contribution in [3.05, 3.63) is 30.1 Å². The number of hydrogen-bond acceptors (Lipinski definition) is 5. The van der Waals surface area contributed by atoms with E-state index in [-0.39, 0.29) is 11.7 Å². The van der Waals surface area contributed by atoms with Crippen LogP contribution in [0.1, 0.15) is 20.8 Å². The molecule has 1 saturated heterocycles. The monoisotopic (exact) mass is 397 g/mol. The molecule has 2 rings (SSSR count). The number of carbonyl (C=O) groups is 2. The van der Waals surface area contributed by atoms with Crippen LogP contribution in [0.2, 0.25) is 0 Å². The number of anilines is 1. The van der Waals surface area contributed by atoms with Gasteiger partial charge in [-0.15, -0.1) is 0 Å². The first-order chi connectivity index (χ1) is 12.7. The van der Waals surface area contributed by atoms with Crippen LogP contribution >= 0.6 is 11.8 Å². The summed E-state index contributed by atoms with van der Waals surface area (Å²) in [7, 11) is 0. The van der Waals surface area contributed by atoms with Gasteiger partial charge in [-0.25, -0.2) is 9.18 Å². The second kappa shape index (κ2) is 9.82. The van der Waals surface area contributed by atoms with Gasteiger partial charge in [0.25, 0.3) is 0 Å². The molecule has 150 valence electrons. The Balaban J connectivity index is 1.61. The van der Waals surface area contributed by atoms with E-state index in [1.54, 1.807) is 12.1 Å². The number of rotatable bonds is 6. The summed E-state index contributed by atoms with van der Waals surface area (Å²) in [5, 5.41) is 2.68. The molecule has 2 amide bonds. The second-order valence-electron chi connectivity index (χ2n) is 7.33. The van der Waals surface area contributed by atoms with Crippen LogP contribution in [-0.4, -0.2) is 66.7 Å². The Kier molecular flexibility index (Phi) is 7.77. The highest BCUT2D eigenvalue weighted by Crippen LogP contribution is 2.17. The zero-order valence-corrected chi connectivity index (χ0v) is 17.0. The number of carbonyl (C=O) groups excluding carboxylic acids is 2. The van der Waals surface area contributed by atoms with Crippen molar-refractivity contribution >= 4 is 29.4 Å². The zero-order valence-electron chi connectivity index (χ0n) is 16.2. The van der Waals surface area contributed by atoms with Crippen LogP contribution in [0.3, 0.4) is 0 Å². The Morgan fingerprint density at radius 2 is 1.78 bits per heavy atom. The third-order valence-corrected chi connectivity index (χ3v) is 4.91. The van der Waals surface area contributed by atoms with E-state index in [4.69, 9.17) is 4.74 Å². The number of thioether (sulfide) groups is 1. The maximum Gasteiger partial charge on any atom is 0.407 e. The standard InChI is InChI=1S/C19H28FN3O3S/c1-19(2,3)26-18(25)21-8-13-27-14-17(24)23-11-9-22(10-12-23)16-6-4-15(20)5-7-16/h4-7H,8-14H2,1-3H3,(H,21,25). The molecule has 1 fully saturated rings. The van der Waals surface area contributed by atoms with Gasteiger partial charge in [-0.05, 0) is 45.0 Å². The molecule has 8 heteroatoms. The summed E-state index contributed by atoms with van der Waals surface area (Å²) in [4.78, 5) is 27.8. The van der Waals surface area contributed by atoms with Crippen LogP contribution in [0.15, 0.2) is 24.3 Å². The van der Waals surface area contributed by atoms with Crippen LogP contribution in [0.25, 0.3) is 0 Å². The van der Waals surface area contributed by atoms with Crippen molar-refractivity contribution in [2.24, 2.45) is 0 Å². The van der Waals surface area contributed by atoms with E-state index in [0.717, 1.165) is 18.8 Å². The van der Waals surface area contributed by atoms with Gasteiger partial charge in [0.15, 0.2) is 0 Å². The number of ether oxygens (including phenoxy) is 1. The lowest BCUT2D eigenvalue weighted by Crippen LogP contribution is -2.49. The van der Waals surface area contributed by atoms with Crippen LogP contribution in [0.4, 0.5) is 14.9 Å². The molecule has 1 aliphatic rings. The van der Waals surface area contributed by atoms with E-state index < -0.39 is 11.7 Å². The van der Waals surface area contributed by atoms with Crippen molar-refractivity contribution in [1.29, 1.82) is 0 Å². The van der Waals surface area contributed by atoms with Gasteiger partial charge in [-0.1, -0.05) is 0 Å². The maximum absolute atomic E-state index is 13.0. The molecule has 1 heterocycles. The first-order valence-corrected chi connectivity index (χ1v) is 10.2. The minimum atomic E-state index is -0.511. The molecule has 0 aromatic heterocycles. The largest absolute Gasteiger partial charge is 0.444 e. The summed E-state index contributed by atoms with van der Waals surface area (Å²) in [6, 6.07) is 6.43. The number of nitrogens with zero attached hydrogens (tertiary/aromatic N) is 2. The molecule has 1 aromatic rings. The molecule has 27 heavy (non-hydrogen) atoms. The van der Waals surface area contributed by atoms with Crippen molar-refractivity contribution in [1.82, 2.24) is 10.2 Å². The van der Waals surface area contributed by atoms with E-state index >= 15 is 0 Å². The van der Waals surface area contributed by atoms with Gasteiger partial charge >= 0.3 is 6.09 Å². The van der Waals surface area contributed by atoms with Gasteiger partial charge in [-0.2, -0.15) is 11.8 Å². The van der Waals surface area contributed by atoms with Crippen molar-refractivity contribution in [2.75, 3.05) is 49.1 Å². The highest BCUT2D eigenvalue weighted by atomic mass is 32.2. The summed E-state index contributed by atoms with van der Waals surface area (Å²) in [6.45, 7) is 8.71. The maximum atomic E-state index is 13.0. The van der Waals surface area contributed by atoms with Gasteiger partial charge in [0.2, 0.25) is 5.91 Å².